The van der Waals surface area contributed by atoms with Gasteiger partial charge in [0.25, 0.3) is 5.56 Å². The molecule has 23 heavy (non-hydrogen) atoms. The molecule has 1 atom stereocenters. The summed E-state index contributed by atoms with van der Waals surface area (Å²) in [5.41, 5.74) is 6.55. The van der Waals surface area contributed by atoms with Crippen molar-refractivity contribution < 1.29 is 9.47 Å². The Kier molecular flexibility index (Phi) is 7.79. The van der Waals surface area contributed by atoms with E-state index >= 15 is 0 Å². The van der Waals surface area contributed by atoms with Crippen LogP contribution in [0.15, 0.2) is 17.1 Å². The zero-order valence-electron chi connectivity index (χ0n) is 15.1. The van der Waals surface area contributed by atoms with Crippen LogP contribution in [0.25, 0.3) is 0 Å². The second kappa shape index (κ2) is 9.08. The maximum Gasteiger partial charge on any atom is 0.250 e. The van der Waals surface area contributed by atoms with E-state index in [-0.39, 0.29) is 11.2 Å². The molecule has 0 amide bonds. The van der Waals surface area contributed by atoms with Gasteiger partial charge in [0.2, 0.25) is 0 Å². The number of hydrogen-bond donors (Lipinski definition) is 2. The molecule has 2 rings (SSSR count). The lowest BCUT2D eigenvalue weighted by Gasteiger charge is -2.44. The first-order chi connectivity index (χ1) is 10.8. The Morgan fingerprint density at radius 3 is 2.43 bits per heavy atom. The first-order valence-electron chi connectivity index (χ1n) is 8.47. The summed E-state index contributed by atoms with van der Waals surface area (Å²) < 4.78 is 11.2. The number of aromatic nitrogens is 1. The lowest BCUT2D eigenvalue weighted by atomic mass is 9.88. The van der Waals surface area contributed by atoms with Crippen molar-refractivity contribution in [2.45, 2.75) is 53.1 Å². The molecule has 2 heterocycles. The predicted octanol–water partition coefficient (Wildman–Crippen LogP) is 3.13. The fraction of sp³-hybridized carbons (Fsp3) is 0.722. The highest BCUT2D eigenvalue weighted by atomic mass is 16.6. The number of H-pyrrole nitrogens is 1. The molecule has 5 heteroatoms. The monoisotopic (exact) mass is 324 g/mol. The van der Waals surface area contributed by atoms with E-state index in [1.165, 1.54) is 19.0 Å². The van der Waals surface area contributed by atoms with E-state index in [0.29, 0.717) is 17.2 Å². The molecule has 3 N–H and O–H groups in total. The molecule has 5 nitrogen and oxygen atoms in total. The summed E-state index contributed by atoms with van der Waals surface area (Å²) in [6.45, 7) is 13.1. The third-order valence-corrected chi connectivity index (χ3v) is 4.55. The van der Waals surface area contributed by atoms with Crippen molar-refractivity contribution in [3.8, 4) is 0 Å². The number of nitrogens with two attached hydrogens (primary N) is 1. The quantitative estimate of drug-likeness (QED) is 0.843. The summed E-state index contributed by atoms with van der Waals surface area (Å²) >= 11 is 0. The number of hydrogen-bond acceptors (Lipinski definition) is 4. The van der Waals surface area contributed by atoms with Crippen LogP contribution in [0, 0.1) is 18.8 Å². The minimum Gasteiger partial charge on any atom is -0.398 e. The number of ether oxygens (including phenoxy) is 2. The number of pyridine rings is 1. The summed E-state index contributed by atoms with van der Waals surface area (Å²) in [6, 6.07) is 1.64. The fourth-order valence-corrected chi connectivity index (χ4v) is 2.17. The lowest BCUT2D eigenvalue weighted by Crippen LogP contribution is -2.56. The molecular weight excluding hydrogens is 292 g/mol. The van der Waals surface area contributed by atoms with Crippen LogP contribution in [0.2, 0.25) is 0 Å². The highest BCUT2D eigenvalue weighted by Crippen LogP contribution is 2.30. The largest absolute Gasteiger partial charge is 0.398 e. The van der Waals surface area contributed by atoms with Gasteiger partial charge in [-0.3, -0.25) is 4.79 Å². The van der Waals surface area contributed by atoms with Crippen LogP contribution in [0.1, 0.15) is 46.1 Å². The number of aryl methyl sites for hydroxylation is 1. The molecule has 1 unspecified atom stereocenters. The van der Waals surface area contributed by atoms with Crippen molar-refractivity contribution in [3.05, 3.63) is 28.2 Å². The molecule has 1 aliphatic rings. The molecule has 0 saturated carbocycles. The van der Waals surface area contributed by atoms with Crippen molar-refractivity contribution in [2.75, 3.05) is 25.6 Å². The summed E-state index contributed by atoms with van der Waals surface area (Å²) in [6.07, 6.45) is 3.90. The second-order valence-corrected chi connectivity index (χ2v) is 6.81. The SMILES string of the molecule is CCC(C)CCOC1(C(C)C)COC1.Cc1cc(N)c[nH]c1=O. The van der Waals surface area contributed by atoms with Crippen molar-refractivity contribution in [3.63, 3.8) is 0 Å². The third kappa shape index (κ3) is 5.99. The molecule has 0 aliphatic carbocycles. The van der Waals surface area contributed by atoms with Crippen LogP contribution in [0.4, 0.5) is 5.69 Å². The van der Waals surface area contributed by atoms with Gasteiger partial charge >= 0.3 is 0 Å². The minimum absolute atomic E-state index is 0.0352. The summed E-state index contributed by atoms with van der Waals surface area (Å²) in [7, 11) is 0. The van der Waals surface area contributed by atoms with Crippen molar-refractivity contribution in [1.82, 2.24) is 4.98 Å². The third-order valence-electron chi connectivity index (χ3n) is 4.55. The Labute approximate surface area is 139 Å². The van der Waals surface area contributed by atoms with Gasteiger partial charge in [0.05, 0.1) is 13.2 Å². The number of nitrogens with one attached hydrogen (secondary N) is 1. The molecule has 0 bridgehead atoms. The second-order valence-electron chi connectivity index (χ2n) is 6.81. The van der Waals surface area contributed by atoms with Crippen LogP contribution in [-0.2, 0) is 9.47 Å². The van der Waals surface area contributed by atoms with E-state index in [2.05, 4.69) is 32.7 Å². The van der Waals surface area contributed by atoms with E-state index in [1.807, 2.05) is 0 Å². The van der Waals surface area contributed by atoms with Crippen LogP contribution in [0.3, 0.4) is 0 Å². The van der Waals surface area contributed by atoms with Gasteiger partial charge < -0.3 is 20.2 Å². The van der Waals surface area contributed by atoms with Gasteiger partial charge in [-0.2, -0.15) is 0 Å². The van der Waals surface area contributed by atoms with Gasteiger partial charge in [0.1, 0.15) is 5.60 Å². The molecule has 0 radical (unpaired) electrons. The molecule has 1 saturated heterocycles. The Hall–Kier alpha value is -1.33. The summed E-state index contributed by atoms with van der Waals surface area (Å²) in [5.74, 6) is 1.34. The van der Waals surface area contributed by atoms with E-state index in [4.69, 9.17) is 15.2 Å². The van der Waals surface area contributed by atoms with Gasteiger partial charge in [0, 0.05) is 24.1 Å². The van der Waals surface area contributed by atoms with Gasteiger partial charge in [0.15, 0.2) is 0 Å². The van der Waals surface area contributed by atoms with E-state index in [0.717, 1.165) is 25.7 Å². The number of anilines is 1. The van der Waals surface area contributed by atoms with Gasteiger partial charge in [-0.05, 0) is 31.2 Å². The predicted molar refractivity (Wildman–Crippen MR) is 94.6 cm³/mol. The van der Waals surface area contributed by atoms with Crippen molar-refractivity contribution in [1.29, 1.82) is 0 Å². The normalized spacial score (nSPS) is 17.1. The fourth-order valence-electron chi connectivity index (χ4n) is 2.17. The van der Waals surface area contributed by atoms with Crippen molar-refractivity contribution in [2.24, 2.45) is 11.8 Å². The van der Waals surface area contributed by atoms with Crippen LogP contribution in [-0.4, -0.2) is 30.4 Å². The lowest BCUT2D eigenvalue weighted by molar-refractivity contribution is -0.231. The maximum absolute atomic E-state index is 10.7. The topological polar surface area (TPSA) is 77.3 Å². The highest BCUT2D eigenvalue weighted by molar-refractivity contribution is 5.36. The van der Waals surface area contributed by atoms with Crippen LogP contribution in [0.5, 0.6) is 0 Å². The van der Waals surface area contributed by atoms with Crippen LogP contribution >= 0.6 is 0 Å². The molecule has 1 aromatic rings. The zero-order valence-corrected chi connectivity index (χ0v) is 15.1. The first-order valence-corrected chi connectivity index (χ1v) is 8.47. The molecule has 0 aromatic carbocycles. The first kappa shape index (κ1) is 19.7. The van der Waals surface area contributed by atoms with E-state index in [1.54, 1.807) is 13.0 Å². The smallest absolute Gasteiger partial charge is 0.250 e. The van der Waals surface area contributed by atoms with Crippen molar-refractivity contribution >= 4 is 5.69 Å². The van der Waals surface area contributed by atoms with E-state index < -0.39 is 0 Å². The van der Waals surface area contributed by atoms with Crippen LogP contribution < -0.4 is 11.3 Å². The average Bonchev–Trinajstić information content (AvgIpc) is 2.46. The number of nitrogen functional groups attached to an aromatic ring is 1. The van der Waals surface area contributed by atoms with Gasteiger partial charge in [-0.15, -0.1) is 0 Å². The molecule has 1 aromatic heterocycles. The maximum atomic E-state index is 10.7. The zero-order chi connectivity index (χ0) is 17.5. The average molecular weight is 324 g/mol. The molecule has 0 spiro atoms. The Morgan fingerprint density at radius 1 is 1.39 bits per heavy atom. The Morgan fingerprint density at radius 2 is 2.04 bits per heavy atom. The molecule has 1 fully saturated rings. The summed E-state index contributed by atoms with van der Waals surface area (Å²) in [4.78, 5) is 13.1. The molecule has 132 valence electrons. The standard InChI is InChI=1S/C12H24O2.C6H8N2O/c1-5-11(4)6-7-14-12(10(2)3)8-13-9-12;1-4-2-5(7)3-8-6(4)9/h10-11H,5-9H2,1-4H3;2-3H,7H2,1H3,(H,8,9). The number of aromatic amines is 1. The molecule has 1 aliphatic heterocycles. The minimum atomic E-state index is -0.0794. The Balaban J connectivity index is 0.000000253. The molecular formula is C18H32N2O3. The number of rotatable bonds is 6. The van der Waals surface area contributed by atoms with E-state index in [9.17, 15) is 4.79 Å². The van der Waals surface area contributed by atoms with Gasteiger partial charge in [-0.25, -0.2) is 0 Å². The Bertz CT molecular complexity index is 521. The highest BCUT2D eigenvalue weighted by Gasteiger charge is 2.42. The van der Waals surface area contributed by atoms with Gasteiger partial charge in [-0.1, -0.05) is 34.1 Å². The summed E-state index contributed by atoms with van der Waals surface area (Å²) in [5, 5.41) is 0.